The molecule has 2 aromatic heterocycles. The zero-order valence-corrected chi connectivity index (χ0v) is 16.8. The number of nitrogens with one attached hydrogen (secondary N) is 1. The van der Waals surface area contributed by atoms with E-state index < -0.39 is 0 Å². The van der Waals surface area contributed by atoms with Crippen LogP contribution in [0.25, 0.3) is 11.0 Å². The second kappa shape index (κ2) is 8.44. The fraction of sp³-hybridized carbons (Fsp3) is 0.286. The summed E-state index contributed by atoms with van der Waals surface area (Å²) in [5.41, 5.74) is 3.72. The zero-order valence-electron chi connectivity index (χ0n) is 15.9. The third kappa shape index (κ3) is 3.87. The lowest BCUT2D eigenvalue weighted by Crippen LogP contribution is -2.28. The van der Waals surface area contributed by atoms with Crippen molar-refractivity contribution in [3.05, 3.63) is 53.9 Å². The summed E-state index contributed by atoms with van der Waals surface area (Å²) < 4.78 is 5.22. The van der Waals surface area contributed by atoms with E-state index in [1.807, 2.05) is 48.2 Å². The molecule has 0 atom stereocenters. The van der Waals surface area contributed by atoms with Crippen molar-refractivity contribution < 1.29 is 9.53 Å². The zero-order chi connectivity index (χ0) is 18.8. The van der Waals surface area contributed by atoms with Crippen LogP contribution in [0.15, 0.2) is 42.6 Å². The molecule has 1 aliphatic rings. The van der Waals surface area contributed by atoms with Gasteiger partial charge in [-0.05, 0) is 56.2 Å². The summed E-state index contributed by atoms with van der Waals surface area (Å²) in [6.07, 6.45) is 3.74. The summed E-state index contributed by atoms with van der Waals surface area (Å²) >= 11 is 0. The molecule has 1 fully saturated rings. The Morgan fingerprint density at radius 1 is 1.11 bits per heavy atom. The molecule has 1 N–H and O–H groups in total. The largest absolute Gasteiger partial charge is 0.497 e. The van der Waals surface area contributed by atoms with E-state index in [1.165, 1.54) is 0 Å². The Bertz CT molecular complexity index is 986. The molecule has 4 rings (SSSR count). The van der Waals surface area contributed by atoms with Gasteiger partial charge in [0.25, 0.3) is 5.91 Å². The van der Waals surface area contributed by atoms with Crippen LogP contribution in [0, 0.1) is 6.92 Å². The van der Waals surface area contributed by atoms with Gasteiger partial charge in [0, 0.05) is 36.1 Å². The van der Waals surface area contributed by atoms with E-state index in [-0.39, 0.29) is 18.3 Å². The third-order valence-electron chi connectivity index (χ3n) is 4.85. The highest BCUT2D eigenvalue weighted by atomic mass is 35.5. The summed E-state index contributed by atoms with van der Waals surface area (Å²) in [5.74, 6) is 0.796. The number of amides is 1. The van der Waals surface area contributed by atoms with Crippen molar-refractivity contribution in [1.82, 2.24) is 14.9 Å². The molecule has 0 aliphatic carbocycles. The van der Waals surface area contributed by atoms with Crippen molar-refractivity contribution in [1.29, 1.82) is 0 Å². The van der Waals surface area contributed by atoms with Crippen molar-refractivity contribution in [2.75, 3.05) is 25.5 Å². The molecule has 0 spiro atoms. The number of hydrogen-bond acceptors (Lipinski definition) is 5. The minimum Gasteiger partial charge on any atom is -0.497 e. The Kier molecular flexibility index (Phi) is 5.99. The van der Waals surface area contributed by atoms with Crippen LogP contribution in [-0.4, -0.2) is 41.0 Å². The first-order valence-corrected chi connectivity index (χ1v) is 9.12. The van der Waals surface area contributed by atoms with Crippen molar-refractivity contribution in [2.45, 2.75) is 19.8 Å². The molecule has 1 aromatic carbocycles. The number of anilines is 2. The lowest BCUT2D eigenvalue weighted by Gasteiger charge is -2.19. The molecule has 7 heteroatoms. The normalized spacial score (nSPS) is 13.3. The maximum absolute atomic E-state index is 13.1. The highest BCUT2D eigenvalue weighted by Gasteiger charge is 2.24. The minimum absolute atomic E-state index is 0. The van der Waals surface area contributed by atoms with Crippen LogP contribution >= 0.6 is 12.4 Å². The standard InChI is InChI=1S/C21H22N4O2.ClH/c1-14-5-10-17-19(24-15-6-8-16(27-2)9-7-15)18(13-22-20(17)23-14)21(26)25-11-3-4-12-25;/h5-10,13H,3-4,11-12H2,1-2H3,(H,22,23,24);1H. The van der Waals surface area contributed by atoms with E-state index >= 15 is 0 Å². The van der Waals surface area contributed by atoms with E-state index in [4.69, 9.17) is 4.74 Å². The quantitative estimate of drug-likeness (QED) is 0.707. The van der Waals surface area contributed by atoms with Gasteiger partial charge in [-0.15, -0.1) is 12.4 Å². The topological polar surface area (TPSA) is 67.3 Å². The fourth-order valence-electron chi connectivity index (χ4n) is 3.38. The molecule has 3 aromatic rings. The van der Waals surface area contributed by atoms with Crippen LogP contribution in [0.5, 0.6) is 5.75 Å². The molecule has 1 aliphatic heterocycles. The van der Waals surface area contributed by atoms with Gasteiger partial charge in [-0.2, -0.15) is 0 Å². The van der Waals surface area contributed by atoms with Crippen LogP contribution in [0.2, 0.25) is 0 Å². The summed E-state index contributed by atoms with van der Waals surface area (Å²) in [7, 11) is 1.64. The van der Waals surface area contributed by atoms with Gasteiger partial charge in [0.1, 0.15) is 5.75 Å². The maximum atomic E-state index is 13.1. The van der Waals surface area contributed by atoms with Crippen molar-refractivity contribution in [3.63, 3.8) is 0 Å². The number of carbonyl (C=O) groups is 1. The number of methoxy groups -OCH3 is 1. The smallest absolute Gasteiger partial charge is 0.257 e. The monoisotopic (exact) mass is 398 g/mol. The van der Waals surface area contributed by atoms with Gasteiger partial charge in [-0.25, -0.2) is 9.97 Å². The van der Waals surface area contributed by atoms with E-state index in [1.54, 1.807) is 13.3 Å². The van der Waals surface area contributed by atoms with E-state index in [0.717, 1.165) is 54.1 Å². The summed E-state index contributed by atoms with van der Waals surface area (Å²) in [6, 6.07) is 11.5. The van der Waals surface area contributed by atoms with Gasteiger partial charge in [0.15, 0.2) is 5.65 Å². The molecule has 0 unspecified atom stereocenters. The first kappa shape index (κ1) is 19.9. The van der Waals surface area contributed by atoms with Crippen LogP contribution in [-0.2, 0) is 0 Å². The number of fused-ring (bicyclic) bond motifs is 1. The predicted molar refractivity (Wildman–Crippen MR) is 113 cm³/mol. The molecule has 28 heavy (non-hydrogen) atoms. The first-order chi connectivity index (χ1) is 13.2. The molecule has 6 nitrogen and oxygen atoms in total. The Balaban J connectivity index is 0.00000225. The second-order valence-corrected chi connectivity index (χ2v) is 6.72. The molecule has 0 radical (unpaired) electrons. The minimum atomic E-state index is 0. The van der Waals surface area contributed by atoms with Crippen molar-refractivity contribution in [3.8, 4) is 5.75 Å². The maximum Gasteiger partial charge on any atom is 0.257 e. The number of benzene rings is 1. The van der Waals surface area contributed by atoms with Crippen LogP contribution < -0.4 is 10.1 Å². The number of rotatable bonds is 4. The Hall–Kier alpha value is -2.86. The molecule has 1 saturated heterocycles. The number of halogens is 1. The summed E-state index contributed by atoms with van der Waals surface area (Å²) in [6.45, 7) is 3.52. The second-order valence-electron chi connectivity index (χ2n) is 6.72. The Morgan fingerprint density at radius 3 is 2.50 bits per heavy atom. The summed E-state index contributed by atoms with van der Waals surface area (Å²) in [5, 5.41) is 4.24. The van der Waals surface area contributed by atoms with Gasteiger partial charge >= 0.3 is 0 Å². The van der Waals surface area contributed by atoms with E-state index in [2.05, 4.69) is 15.3 Å². The van der Waals surface area contributed by atoms with Crippen molar-refractivity contribution >= 4 is 40.7 Å². The van der Waals surface area contributed by atoms with Crippen molar-refractivity contribution in [2.24, 2.45) is 0 Å². The number of ether oxygens (including phenoxy) is 1. The van der Waals surface area contributed by atoms with Crippen LogP contribution in [0.4, 0.5) is 11.4 Å². The molecule has 146 valence electrons. The molecule has 1 amide bonds. The molecular formula is C21H23ClN4O2. The lowest BCUT2D eigenvalue weighted by molar-refractivity contribution is 0.0793. The Labute approximate surface area is 170 Å². The van der Waals surface area contributed by atoms with E-state index in [9.17, 15) is 4.79 Å². The number of aromatic nitrogens is 2. The number of likely N-dealkylation sites (tertiary alicyclic amines) is 1. The number of aryl methyl sites for hydroxylation is 1. The highest BCUT2D eigenvalue weighted by Crippen LogP contribution is 2.31. The van der Waals surface area contributed by atoms with Crippen LogP contribution in [0.1, 0.15) is 28.9 Å². The highest BCUT2D eigenvalue weighted by molar-refractivity contribution is 6.07. The van der Waals surface area contributed by atoms with E-state index in [0.29, 0.717) is 11.2 Å². The first-order valence-electron chi connectivity index (χ1n) is 9.12. The molecule has 3 heterocycles. The summed E-state index contributed by atoms with van der Waals surface area (Å²) in [4.78, 5) is 23.9. The number of hydrogen-bond donors (Lipinski definition) is 1. The van der Waals surface area contributed by atoms with Gasteiger partial charge in [-0.1, -0.05) is 0 Å². The molecular weight excluding hydrogens is 376 g/mol. The SMILES string of the molecule is COc1ccc(Nc2c(C(=O)N3CCCC3)cnc3nc(C)ccc23)cc1.Cl. The Morgan fingerprint density at radius 2 is 1.82 bits per heavy atom. The number of pyridine rings is 2. The van der Waals surface area contributed by atoms with Gasteiger partial charge < -0.3 is 15.0 Å². The number of nitrogens with zero attached hydrogens (tertiary/aromatic N) is 3. The van der Waals surface area contributed by atoms with Gasteiger partial charge in [-0.3, -0.25) is 4.79 Å². The average molecular weight is 399 g/mol. The van der Waals surface area contributed by atoms with Crippen LogP contribution in [0.3, 0.4) is 0 Å². The average Bonchev–Trinajstić information content (AvgIpc) is 3.23. The fourth-order valence-corrected chi connectivity index (χ4v) is 3.38. The lowest BCUT2D eigenvalue weighted by atomic mass is 10.1. The third-order valence-corrected chi connectivity index (χ3v) is 4.85. The molecule has 0 saturated carbocycles. The predicted octanol–water partition coefficient (Wildman–Crippen LogP) is 4.35. The molecule has 0 bridgehead atoms. The van der Waals surface area contributed by atoms with Gasteiger partial charge in [0.2, 0.25) is 0 Å². The number of carbonyl (C=O) groups excluding carboxylic acids is 1. The van der Waals surface area contributed by atoms with Gasteiger partial charge in [0.05, 0.1) is 18.4 Å².